The van der Waals surface area contributed by atoms with Gasteiger partial charge in [-0.05, 0) is 24.5 Å². The summed E-state index contributed by atoms with van der Waals surface area (Å²) in [5.74, 6) is -0.506. The number of piperidine rings is 1. The first kappa shape index (κ1) is 21.4. The highest BCUT2D eigenvalue weighted by atomic mass is 16.5. The number of benzene rings is 1. The maximum atomic E-state index is 12.9. The van der Waals surface area contributed by atoms with Gasteiger partial charge < -0.3 is 15.0 Å². The minimum atomic E-state index is -0.705. The van der Waals surface area contributed by atoms with Crippen molar-refractivity contribution in [3.05, 3.63) is 47.4 Å². The molecule has 0 radical (unpaired) electrons. The van der Waals surface area contributed by atoms with Gasteiger partial charge in [-0.1, -0.05) is 19.9 Å². The normalized spacial score (nSPS) is 17.9. The lowest BCUT2D eigenvalue weighted by atomic mass is 10.0. The molecule has 1 unspecified atom stereocenters. The van der Waals surface area contributed by atoms with Crippen LogP contribution in [-0.4, -0.2) is 51.1 Å². The van der Waals surface area contributed by atoms with Crippen LogP contribution in [0.3, 0.4) is 0 Å². The maximum Gasteiger partial charge on any atom is 0.271 e. The number of nitrogens with one attached hydrogen (secondary N) is 2. The Bertz CT molecular complexity index is 1080. The van der Waals surface area contributed by atoms with Gasteiger partial charge in [0.1, 0.15) is 17.5 Å². The Kier molecular flexibility index (Phi) is 5.85. The van der Waals surface area contributed by atoms with Crippen molar-refractivity contribution < 1.29 is 23.9 Å². The number of ether oxygens (including phenoxy) is 1. The van der Waals surface area contributed by atoms with E-state index in [1.807, 2.05) is 13.8 Å². The van der Waals surface area contributed by atoms with E-state index < -0.39 is 11.9 Å². The van der Waals surface area contributed by atoms with E-state index in [1.165, 1.54) is 17.3 Å². The second-order valence-corrected chi connectivity index (χ2v) is 8.13. The molecular formula is C22H23N5O5. The zero-order valence-electron chi connectivity index (χ0n) is 17.8. The summed E-state index contributed by atoms with van der Waals surface area (Å²) >= 11 is 0. The quantitative estimate of drug-likeness (QED) is 0.654. The van der Waals surface area contributed by atoms with Gasteiger partial charge in [0.15, 0.2) is 0 Å². The van der Waals surface area contributed by atoms with Gasteiger partial charge in [0.05, 0.1) is 18.9 Å². The first-order valence-electron chi connectivity index (χ1n) is 10.4. The summed E-state index contributed by atoms with van der Waals surface area (Å²) in [4.78, 5) is 58.3. The van der Waals surface area contributed by atoms with E-state index in [0.29, 0.717) is 29.3 Å². The molecule has 1 aromatic carbocycles. The summed E-state index contributed by atoms with van der Waals surface area (Å²) in [6.45, 7) is 4.70. The largest absolute Gasteiger partial charge is 0.437 e. The van der Waals surface area contributed by atoms with Crippen LogP contribution in [0.5, 0.6) is 11.6 Å². The van der Waals surface area contributed by atoms with E-state index in [-0.39, 0.29) is 48.7 Å². The van der Waals surface area contributed by atoms with Crippen LogP contribution in [0, 0.1) is 5.92 Å². The lowest BCUT2D eigenvalue weighted by molar-refractivity contribution is -0.136. The molecular weight excluding hydrogens is 414 g/mol. The topological polar surface area (TPSA) is 131 Å². The van der Waals surface area contributed by atoms with Crippen molar-refractivity contribution in [2.24, 2.45) is 5.92 Å². The monoisotopic (exact) mass is 437 g/mol. The molecule has 2 aliphatic rings. The molecule has 2 N–H and O–H groups in total. The number of carbonyl (C=O) groups is 4. The van der Waals surface area contributed by atoms with Crippen LogP contribution in [-0.2, 0) is 16.1 Å². The van der Waals surface area contributed by atoms with E-state index in [4.69, 9.17) is 4.74 Å². The van der Waals surface area contributed by atoms with Crippen LogP contribution in [0.1, 0.15) is 53.1 Å². The van der Waals surface area contributed by atoms with Gasteiger partial charge >= 0.3 is 0 Å². The number of nitrogens with zero attached hydrogens (tertiary/aromatic N) is 3. The lowest BCUT2D eigenvalue weighted by Crippen LogP contribution is -2.52. The number of rotatable bonds is 6. The second kappa shape index (κ2) is 8.74. The fourth-order valence-corrected chi connectivity index (χ4v) is 3.64. The smallest absolute Gasteiger partial charge is 0.271 e. The van der Waals surface area contributed by atoms with Crippen LogP contribution in [0.25, 0.3) is 0 Å². The van der Waals surface area contributed by atoms with Gasteiger partial charge in [0.2, 0.25) is 17.7 Å². The Morgan fingerprint density at radius 2 is 2.06 bits per heavy atom. The first-order chi connectivity index (χ1) is 15.3. The number of imide groups is 1. The number of hydrogen-bond acceptors (Lipinski definition) is 7. The maximum absolute atomic E-state index is 12.9. The third-order valence-corrected chi connectivity index (χ3v) is 5.29. The predicted octanol–water partition coefficient (Wildman–Crippen LogP) is 1.42. The van der Waals surface area contributed by atoms with Crippen LogP contribution in [0.15, 0.2) is 30.6 Å². The molecule has 1 atom stereocenters. The first-order valence-corrected chi connectivity index (χ1v) is 10.4. The van der Waals surface area contributed by atoms with Gasteiger partial charge in [-0.2, -0.15) is 0 Å². The van der Waals surface area contributed by atoms with Gasteiger partial charge in [-0.15, -0.1) is 0 Å². The molecule has 0 aliphatic carbocycles. The Hall–Kier alpha value is -3.82. The van der Waals surface area contributed by atoms with E-state index in [9.17, 15) is 19.2 Å². The van der Waals surface area contributed by atoms with Gasteiger partial charge in [0.25, 0.3) is 11.8 Å². The van der Waals surface area contributed by atoms with E-state index in [0.717, 1.165) is 0 Å². The number of amides is 4. The number of hydrogen-bond donors (Lipinski definition) is 2. The van der Waals surface area contributed by atoms with Crippen molar-refractivity contribution >= 4 is 23.6 Å². The van der Waals surface area contributed by atoms with Crippen molar-refractivity contribution in [2.75, 3.05) is 6.54 Å². The molecule has 0 spiro atoms. The minimum Gasteiger partial charge on any atom is -0.437 e. The average Bonchev–Trinajstić information content (AvgIpc) is 3.10. The Balaban J connectivity index is 1.49. The zero-order chi connectivity index (χ0) is 22.8. The number of fused-ring (bicyclic) bond motifs is 1. The molecule has 166 valence electrons. The molecule has 0 bridgehead atoms. The van der Waals surface area contributed by atoms with E-state index in [1.54, 1.807) is 18.2 Å². The molecule has 1 fully saturated rings. The van der Waals surface area contributed by atoms with E-state index in [2.05, 4.69) is 20.6 Å². The molecule has 10 nitrogen and oxygen atoms in total. The van der Waals surface area contributed by atoms with Crippen molar-refractivity contribution in [3.8, 4) is 11.6 Å². The summed E-state index contributed by atoms with van der Waals surface area (Å²) in [6, 6.07) is 4.35. The molecule has 2 aliphatic heterocycles. The van der Waals surface area contributed by atoms with Crippen molar-refractivity contribution in [1.82, 2.24) is 25.5 Å². The summed E-state index contributed by atoms with van der Waals surface area (Å²) in [5.41, 5.74) is 1.24. The van der Waals surface area contributed by atoms with Crippen LogP contribution < -0.4 is 15.4 Å². The standard InChI is InChI=1S/C22H23N5O5/c1-12(2)8-25-20(29)15-9-24-19(10-23-15)32-17-5-3-4-13-14(17)11-27(22(13)31)16-6-7-18(28)26-21(16)30/h3-5,9-10,12,16H,6-8,11H2,1-2H3,(H,25,29)(H,26,28,30). The average molecular weight is 437 g/mol. The highest BCUT2D eigenvalue weighted by Gasteiger charge is 2.40. The number of aromatic nitrogens is 2. The molecule has 10 heteroatoms. The van der Waals surface area contributed by atoms with Gasteiger partial charge in [-0.3, -0.25) is 24.5 Å². The molecule has 1 aromatic heterocycles. The SMILES string of the molecule is CC(C)CNC(=O)c1cnc(Oc2cccc3c2CN(C2CCC(=O)NC2=O)C3=O)cn1. The summed E-state index contributed by atoms with van der Waals surface area (Å²) < 4.78 is 5.84. The van der Waals surface area contributed by atoms with Crippen molar-refractivity contribution in [3.63, 3.8) is 0 Å². The predicted molar refractivity (Wildman–Crippen MR) is 112 cm³/mol. The fraction of sp³-hybridized carbons (Fsp3) is 0.364. The zero-order valence-corrected chi connectivity index (χ0v) is 17.8. The summed E-state index contributed by atoms with van der Waals surface area (Å²) in [6.07, 6.45) is 3.15. The van der Waals surface area contributed by atoms with Gasteiger partial charge in [-0.25, -0.2) is 9.97 Å². The Morgan fingerprint density at radius 1 is 1.25 bits per heavy atom. The minimum absolute atomic E-state index is 0.172. The van der Waals surface area contributed by atoms with Crippen molar-refractivity contribution in [2.45, 2.75) is 39.3 Å². The highest BCUT2D eigenvalue weighted by Crippen LogP contribution is 2.35. The molecule has 1 saturated heterocycles. The molecule has 4 amide bonds. The van der Waals surface area contributed by atoms with Crippen molar-refractivity contribution in [1.29, 1.82) is 0 Å². The van der Waals surface area contributed by atoms with Crippen LogP contribution >= 0.6 is 0 Å². The fourth-order valence-electron chi connectivity index (χ4n) is 3.64. The Morgan fingerprint density at radius 3 is 2.75 bits per heavy atom. The number of carbonyl (C=O) groups excluding carboxylic acids is 4. The van der Waals surface area contributed by atoms with E-state index >= 15 is 0 Å². The summed E-state index contributed by atoms with van der Waals surface area (Å²) in [7, 11) is 0. The molecule has 0 saturated carbocycles. The third-order valence-electron chi connectivity index (χ3n) is 5.29. The van der Waals surface area contributed by atoms with Crippen LogP contribution in [0.2, 0.25) is 0 Å². The molecule has 2 aromatic rings. The molecule has 32 heavy (non-hydrogen) atoms. The Labute approximate surface area is 184 Å². The molecule has 4 rings (SSSR count). The summed E-state index contributed by atoms with van der Waals surface area (Å²) in [5, 5.41) is 5.05. The lowest BCUT2D eigenvalue weighted by Gasteiger charge is -2.29. The second-order valence-electron chi connectivity index (χ2n) is 8.13. The third kappa shape index (κ3) is 4.29. The highest BCUT2D eigenvalue weighted by molar-refractivity contribution is 6.05. The molecule has 3 heterocycles. The van der Waals surface area contributed by atoms with Crippen LogP contribution in [0.4, 0.5) is 0 Å². The van der Waals surface area contributed by atoms with Gasteiger partial charge in [0, 0.05) is 24.1 Å².